The number of esters is 1. The van der Waals surface area contributed by atoms with Crippen LogP contribution in [0.3, 0.4) is 0 Å². The second-order valence-electron chi connectivity index (χ2n) is 3.93. The summed E-state index contributed by atoms with van der Waals surface area (Å²) in [6.45, 7) is 6.54. The van der Waals surface area contributed by atoms with Crippen molar-refractivity contribution in [1.82, 2.24) is 5.32 Å². The van der Waals surface area contributed by atoms with Crippen molar-refractivity contribution in [3.63, 3.8) is 0 Å². The Morgan fingerprint density at radius 2 is 2.31 bits per heavy atom. The molecule has 0 saturated carbocycles. The molecule has 0 spiro atoms. The van der Waals surface area contributed by atoms with Crippen molar-refractivity contribution in [1.29, 1.82) is 0 Å². The predicted octanol–water partition coefficient (Wildman–Crippen LogP) is 2.94. The number of ether oxygens (including phenoxy) is 1. The molecule has 1 aromatic heterocycles. The second kappa shape index (κ2) is 5.80. The van der Waals surface area contributed by atoms with E-state index in [1.165, 1.54) is 4.88 Å². The van der Waals surface area contributed by atoms with Crippen molar-refractivity contribution in [2.75, 3.05) is 6.61 Å². The van der Waals surface area contributed by atoms with Gasteiger partial charge in [-0.3, -0.25) is 10.1 Å². The summed E-state index contributed by atoms with van der Waals surface area (Å²) in [6.07, 6.45) is 0. The number of carbonyl (C=O) groups is 1. The van der Waals surface area contributed by atoms with E-state index in [1.54, 1.807) is 11.3 Å². The first kappa shape index (κ1) is 13.7. The Balaban J connectivity index is 2.50. The van der Waals surface area contributed by atoms with Crippen LogP contribution in [0.15, 0.2) is 15.9 Å². The van der Waals surface area contributed by atoms with Crippen LogP contribution in [-0.2, 0) is 16.1 Å². The molecule has 0 amide bonds. The molecule has 0 saturated heterocycles. The number of halogens is 1. The first-order chi connectivity index (χ1) is 7.45. The number of nitrogens with one attached hydrogen (secondary N) is 1. The highest BCUT2D eigenvalue weighted by atomic mass is 79.9. The van der Waals surface area contributed by atoms with Crippen molar-refractivity contribution >= 4 is 33.2 Å². The fourth-order valence-electron chi connectivity index (χ4n) is 1.14. The van der Waals surface area contributed by atoms with Gasteiger partial charge in [-0.1, -0.05) is 0 Å². The lowest BCUT2D eigenvalue weighted by atomic mass is 10.1. The van der Waals surface area contributed by atoms with Gasteiger partial charge in [0.05, 0.1) is 6.61 Å². The Kier molecular flexibility index (Phi) is 4.95. The molecule has 1 rings (SSSR count). The van der Waals surface area contributed by atoms with E-state index in [0.717, 1.165) is 4.47 Å². The Hall–Kier alpha value is -0.390. The molecule has 1 aromatic rings. The van der Waals surface area contributed by atoms with Gasteiger partial charge in [-0.2, -0.15) is 0 Å². The molecule has 1 N–H and O–H groups in total. The van der Waals surface area contributed by atoms with Gasteiger partial charge in [0.2, 0.25) is 0 Å². The largest absolute Gasteiger partial charge is 0.465 e. The molecule has 0 atom stereocenters. The Morgan fingerprint density at radius 3 is 2.81 bits per heavy atom. The minimum absolute atomic E-state index is 0.217. The van der Waals surface area contributed by atoms with Gasteiger partial charge in [0.25, 0.3) is 0 Å². The highest BCUT2D eigenvalue weighted by Gasteiger charge is 2.28. The van der Waals surface area contributed by atoms with Crippen LogP contribution in [0.1, 0.15) is 25.6 Å². The standard InChI is InChI=1S/C11H16BrNO2S/c1-4-15-10(14)11(2,3)13-6-9-5-8(12)7-16-9/h5,7,13H,4,6H2,1-3H3. The maximum absolute atomic E-state index is 11.6. The molecular weight excluding hydrogens is 290 g/mol. The maximum Gasteiger partial charge on any atom is 0.325 e. The van der Waals surface area contributed by atoms with Gasteiger partial charge in [-0.15, -0.1) is 11.3 Å². The van der Waals surface area contributed by atoms with Crippen LogP contribution in [0.2, 0.25) is 0 Å². The molecule has 0 aromatic carbocycles. The molecule has 5 heteroatoms. The topological polar surface area (TPSA) is 38.3 Å². The number of thiophene rings is 1. The Labute approximate surface area is 108 Å². The van der Waals surface area contributed by atoms with Gasteiger partial charge in [0.1, 0.15) is 5.54 Å². The van der Waals surface area contributed by atoms with E-state index in [4.69, 9.17) is 4.74 Å². The monoisotopic (exact) mass is 305 g/mol. The molecule has 16 heavy (non-hydrogen) atoms. The van der Waals surface area contributed by atoms with Gasteiger partial charge in [0.15, 0.2) is 0 Å². The third-order valence-corrected chi connectivity index (χ3v) is 3.81. The van der Waals surface area contributed by atoms with Crippen LogP contribution < -0.4 is 5.32 Å². The Bertz CT molecular complexity index is 363. The molecule has 1 heterocycles. The van der Waals surface area contributed by atoms with Crippen LogP contribution in [0.5, 0.6) is 0 Å². The summed E-state index contributed by atoms with van der Waals surface area (Å²) in [5.41, 5.74) is -0.646. The number of hydrogen-bond donors (Lipinski definition) is 1. The van der Waals surface area contributed by atoms with Gasteiger partial charge in [-0.25, -0.2) is 0 Å². The molecule has 0 aliphatic carbocycles. The molecule has 0 aliphatic heterocycles. The normalized spacial score (nSPS) is 11.5. The summed E-state index contributed by atoms with van der Waals surface area (Å²) in [5.74, 6) is -0.217. The molecule has 0 bridgehead atoms. The van der Waals surface area contributed by atoms with Crippen LogP contribution >= 0.6 is 27.3 Å². The van der Waals surface area contributed by atoms with Crippen molar-refractivity contribution in [2.24, 2.45) is 0 Å². The smallest absolute Gasteiger partial charge is 0.325 e. The lowest BCUT2D eigenvalue weighted by molar-refractivity contribution is -0.149. The first-order valence-corrected chi connectivity index (χ1v) is 6.78. The zero-order valence-corrected chi connectivity index (χ0v) is 12.1. The quantitative estimate of drug-likeness (QED) is 0.850. The van der Waals surface area contributed by atoms with Crippen LogP contribution in [0.25, 0.3) is 0 Å². The summed E-state index contributed by atoms with van der Waals surface area (Å²) >= 11 is 5.05. The van der Waals surface area contributed by atoms with E-state index in [0.29, 0.717) is 13.2 Å². The molecular formula is C11H16BrNO2S. The van der Waals surface area contributed by atoms with Crippen molar-refractivity contribution in [3.8, 4) is 0 Å². The minimum Gasteiger partial charge on any atom is -0.465 e. The number of rotatable bonds is 5. The molecule has 0 unspecified atom stereocenters. The van der Waals surface area contributed by atoms with Gasteiger partial charge >= 0.3 is 5.97 Å². The molecule has 3 nitrogen and oxygen atoms in total. The lowest BCUT2D eigenvalue weighted by Gasteiger charge is -2.23. The van der Waals surface area contributed by atoms with Crippen LogP contribution in [0, 0.1) is 0 Å². The maximum atomic E-state index is 11.6. The van der Waals surface area contributed by atoms with Gasteiger partial charge in [0, 0.05) is 21.3 Å². The lowest BCUT2D eigenvalue weighted by Crippen LogP contribution is -2.47. The fraction of sp³-hybridized carbons (Fsp3) is 0.545. The highest BCUT2D eigenvalue weighted by molar-refractivity contribution is 9.10. The fourth-order valence-corrected chi connectivity index (χ4v) is 2.53. The van der Waals surface area contributed by atoms with E-state index in [2.05, 4.69) is 21.2 Å². The molecule has 0 fully saturated rings. The zero-order chi connectivity index (χ0) is 12.2. The SMILES string of the molecule is CCOC(=O)C(C)(C)NCc1cc(Br)cs1. The molecule has 90 valence electrons. The summed E-state index contributed by atoms with van der Waals surface area (Å²) in [4.78, 5) is 12.8. The van der Waals surface area contributed by atoms with E-state index in [-0.39, 0.29) is 5.97 Å². The average molecular weight is 306 g/mol. The second-order valence-corrected chi connectivity index (χ2v) is 5.84. The number of hydrogen-bond acceptors (Lipinski definition) is 4. The summed E-state index contributed by atoms with van der Waals surface area (Å²) < 4.78 is 6.07. The van der Waals surface area contributed by atoms with E-state index >= 15 is 0 Å². The summed E-state index contributed by atoms with van der Waals surface area (Å²) in [6, 6.07) is 2.04. The van der Waals surface area contributed by atoms with Gasteiger partial charge in [-0.05, 0) is 42.8 Å². The van der Waals surface area contributed by atoms with Crippen molar-refractivity contribution in [3.05, 3.63) is 20.8 Å². The van der Waals surface area contributed by atoms with Gasteiger partial charge < -0.3 is 4.74 Å². The van der Waals surface area contributed by atoms with Crippen molar-refractivity contribution in [2.45, 2.75) is 32.9 Å². The molecule has 0 aliphatic rings. The average Bonchev–Trinajstić information content (AvgIpc) is 2.62. The summed E-state index contributed by atoms with van der Waals surface area (Å²) in [7, 11) is 0. The van der Waals surface area contributed by atoms with Crippen molar-refractivity contribution < 1.29 is 9.53 Å². The summed E-state index contributed by atoms with van der Waals surface area (Å²) in [5, 5.41) is 5.21. The highest BCUT2D eigenvalue weighted by Crippen LogP contribution is 2.20. The van der Waals surface area contributed by atoms with E-state index in [1.807, 2.05) is 32.2 Å². The third-order valence-electron chi connectivity index (χ3n) is 2.11. The first-order valence-electron chi connectivity index (χ1n) is 5.11. The molecule has 0 radical (unpaired) electrons. The number of carbonyl (C=O) groups excluding carboxylic acids is 1. The zero-order valence-electron chi connectivity index (χ0n) is 9.67. The van der Waals surface area contributed by atoms with Crippen LogP contribution in [-0.4, -0.2) is 18.1 Å². The predicted molar refractivity (Wildman–Crippen MR) is 69.6 cm³/mol. The Morgan fingerprint density at radius 1 is 1.62 bits per heavy atom. The minimum atomic E-state index is -0.646. The van der Waals surface area contributed by atoms with E-state index < -0.39 is 5.54 Å². The third kappa shape index (κ3) is 3.88. The van der Waals surface area contributed by atoms with Crippen LogP contribution in [0.4, 0.5) is 0 Å². The van der Waals surface area contributed by atoms with E-state index in [9.17, 15) is 4.79 Å².